The van der Waals surface area contributed by atoms with Crippen LogP contribution in [0.3, 0.4) is 0 Å². The van der Waals surface area contributed by atoms with Crippen molar-refractivity contribution < 1.29 is 20.1 Å². The molecule has 0 saturated heterocycles. The highest BCUT2D eigenvalue weighted by Crippen LogP contribution is 2.21. The Labute approximate surface area is 95.1 Å². The maximum Gasteiger partial charge on any atom is 0.119 e. The Bertz CT molecular complexity index is 284. The predicted octanol–water partition coefficient (Wildman–Crippen LogP) is 0.864. The molecule has 0 heterocycles. The Morgan fingerprint density at radius 3 is 2.31 bits per heavy atom. The van der Waals surface area contributed by atoms with E-state index in [4.69, 9.17) is 14.9 Å². The van der Waals surface area contributed by atoms with Crippen LogP contribution < -0.4 is 4.74 Å². The highest BCUT2D eigenvalue weighted by Gasteiger charge is 2.06. The number of hydrogen-bond acceptors (Lipinski definition) is 4. The Balaban J connectivity index is 2.49. The van der Waals surface area contributed by atoms with Gasteiger partial charge in [-0.05, 0) is 30.5 Å². The van der Waals surface area contributed by atoms with Gasteiger partial charge >= 0.3 is 0 Å². The maximum absolute atomic E-state index is 9.73. The molecule has 0 saturated carbocycles. The summed E-state index contributed by atoms with van der Waals surface area (Å²) in [6, 6.07) is 7.09. The molecule has 1 aromatic rings. The van der Waals surface area contributed by atoms with Crippen LogP contribution in [0.1, 0.15) is 24.5 Å². The minimum atomic E-state index is -0.543. The molecule has 3 N–H and O–H groups in total. The second-order valence-corrected chi connectivity index (χ2v) is 3.52. The molecule has 0 radical (unpaired) electrons. The first-order valence-corrected chi connectivity index (χ1v) is 5.40. The lowest BCUT2D eigenvalue weighted by atomic mass is 10.1. The molecule has 1 aromatic carbocycles. The average Bonchev–Trinajstić information content (AvgIpc) is 2.34. The molecule has 0 fully saturated rings. The van der Waals surface area contributed by atoms with Gasteiger partial charge in [0.1, 0.15) is 12.4 Å². The fraction of sp³-hybridized carbons (Fsp3) is 0.500. The van der Waals surface area contributed by atoms with Crippen molar-refractivity contribution in [3.8, 4) is 5.75 Å². The van der Waals surface area contributed by atoms with Gasteiger partial charge in [0.15, 0.2) is 0 Å². The van der Waals surface area contributed by atoms with E-state index in [0.717, 1.165) is 5.56 Å². The van der Waals surface area contributed by atoms with Gasteiger partial charge in [0.2, 0.25) is 0 Å². The Morgan fingerprint density at radius 1 is 1.06 bits per heavy atom. The van der Waals surface area contributed by atoms with Crippen LogP contribution in [0.15, 0.2) is 24.3 Å². The van der Waals surface area contributed by atoms with Gasteiger partial charge < -0.3 is 20.1 Å². The first-order chi connectivity index (χ1) is 7.77. The summed E-state index contributed by atoms with van der Waals surface area (Å²) >= 11 is 0. The van der Waals surface area contributed by atoms with Gasteiger partial charge in [-0.1, -0.05) is 12.1 Å². The van der Waals surface area contributed by atoms with Crippen molar-refractivity contribution in [2.75, 3.05) is 19.8 Å². The van der Waals surface area contributed by atoms with E-state index in [9.17, 15) is 5.11 Å². The number of rotatable bonds is 7. The Morgan fingerprint density at radius 2 is 1.75 bits per heavy atom. The summed E-state index contributed by atoms with van der Waals surface area (Å²) in [6.07, 6.45) is 0.594. The minimum absolute atomic E-state index is 0.0130. The summed E-state index contributed by atoms with van der Waals surface area (Å²) in [7, 11) is 0. The van der Waals surface area contributed by atoms with E-state index < -0.39 is 6.10 Å². The van der Waals surface area contributed by atoms with Crippen LogP contribution in [0.2, 0.25) is 0 Å². The number of aliphatic hydroxyl groups excluding tert-OH is 3. The van der Waals surface area contributed by atoms with Crippen LogP contribution in [0, 0.1) is 0 Å². The van der Waals surface area contributed by atoms with Crippen molar-refractivity contribution in [1.29, 1.82) is 0 Å². The summed E-state index contributed by atoms with van der Waals surface area (Å²) in [4.78, 5) is 0. The molecule has 4 nitrogen and oxygen atoms in total. The lowest BCUT2D eigenvalue weighted by Gasteiger charge is -2.11. The minimum Gasteiger partial charge on any atom is -0.491 e. The van der Waals surface area contributed by atoms with Gasteiger partial charge in [0.25, 0.3) is 0 Å². The van der Waals surface area contributed by atoms with Gasteiger partial charge in [0, 0.05) is 6.61 Å². The smallest absolute Gasteiger partial charge is 0.119 e. The van der Waals surface area contributed by atoms with Crippen LogP contribution >= 0.6 is 0 Å². The number of ether oxygens (including phenoxy) is 1. The summed E-state index contributed by atoms with van der Waals surface area (Å²) in [5.41, 5.74) is 0.810. The van der Waals surface area contributed by atoms with Crippen molar-refractivity contribution in [2.24, 2.45) is 0 Å². The third kappa shape index (κ3) is 4.18. The zero-order valence-corrected chi connectivity index (χ0v) is 9.17. The van der Waals surface area contributed by atoms with Gasteiger partial charge in [0.05, 0.1) is 12.7 Å². The summed E-state index contributed by atoms with van der Waals surface area (Å²) in [5, 5.41) is 27.0. The molecule has 0 bridgehead atoms. The van der Waals surface area contributed by atoms with E-state index in [0.29, 0.717) is 18.6 Å². The van der Waals surface area contributed by atoms with E-state index in [1.54, 1.807) is 24.3 Å². The zero-order chi connectivity index (χ0) is 11.8. The fourth-order valence-electron chi connectivity index (χ4n) is 1.40. The summed E-state index contributed by atoms with van der Waals surface area (Å²) < 4.78 is 5.20. The van der Waals surface area contributed by atoms with Crippen molar-refractivity contribution in [3.05, 3.63) is 29.8 Å². The van der Waals surface area contributed by atoms with Gasteiger partial charge in [-0.2, -0.15) is 0 Å². The highest BCUT2D eigenvalue weighted by molar-refractivity contribution is 5.28. The molecule has 1 rings (SSSR count). The van der Waals surface area contributed by atoms with E-state index in [-0.39, 0.29) is 19.8 Å². The SMILES string of the molecule is OCCC[C@H](O)c1ccc(OCCO)cc1. The Kier molecular flexibility index (Phi) is 5.85. The molecule has 0 aliphatic carbocycles. The molecule has 0 aliphatic heterocycles. The molecule has 90 valence electrons. The molecule has 0 amide bonds. The average molecular weight is 226 g/mol. The maximum atomic E-state index is 9.73. The third-order valence-corrected chi connectivity index (χ3v) is 2.26. The van der Waals surface area contributed by atoms with Crippen LogP contribution in [0.5, 0.6) is 5.75 Å². The first kappa shape index (κ1) is 13.0. The third-order valence-electron chi connectivity index (χ3n) is 2.26. The van der Waals surface area contributed by atoms with E-state index in [1.165, 1.54) is 0 Å². The number of aliphatic hydroxyl groups is 3. The second kappa shape index (κ2) is 7.22. The van der Waals surface area contributed by atoms with Crippen molar-refractivity contribution in [1.82, 2.24) is 0 Å². The molecule has 0 spiro atoms. The van der Waals surface area contributed by atoms with Crippen molar-refractivity contribution >= 4 is 0 Å². The van der Waals surface area contributed by atoms with Crippen molar-refractivity contribution in [2.45, 2.75) is 18.9 Å². The van der Waals surface area contributed by atoms with Crippen LogP contribution in [-0.4, -0.2) is 35.1 Å². The molecule has 16 heavy (non-hydrogen) atoms. The molecular weight excluding hydrogens is 208 g/mol. The fourth-order valence-corrected chi connectivity index (χ4v) is 1.40. The van der Waals surface area contributed by atoms with Gasteiger partial charge in [-0.15, -0.1) is 0 Å². The first-order valence-electron chi connectivity index (χ1n) is 5.40. The predicted molar refractivity (Wildman–Crippen MR) is 60.3 cm³/mol. The topological polar surface area (TPSA) is 69.9 Å². The largest absolute Gasteiger partial charge is 0.491 e. The highest BCUT2D eigenvalue weighted by atomic mass is 16.5. The quantitative estimate of drug-likeness (QED) is 0.645. The lowest BCUT2D eigenvalue weighted by Crippen LogP contribution is -2.02. The molecule has 0 unspecified atom stereocenters. The molecule has 0 aliphatic rings. The van der Waals surface area contributed by atoms with Gasteiger partial charge in [-0.25, -0.2) is 0 Å². The molecular formula is C12H18O4. The molecule has 4 heteroatoms. The van der Waals surface area contributed by atoms with Crippen LogP contribution in [-0.2, 0) is 0 Å². The standard InChI is InChI=1S/C12H18O4/c13-7-1-2-12(15)10-3-5-11(6-4-10)16-9-8-14/h3-6,12-15H,1-2,7-9H2/t12-/m0/s1. The number of hydrogen-bond donors (Lipinski definition) is 3. The second-order valence-electron chi connectivity index (χ2n) is 3.52. The normalized spacial score (nSPS) is 12.4. The summed E-state index contributed by atoms with van der Waals surface area (Å²) in [5.74, 6) is 0.673. The van der Waals surface area contributed by atoms with Crippen molar-refractivity contribution in [3.63, 3.8) is 0 Å². The monoisotopic (exact) mass is 226 g/mol. The summed E-state index contributed by atoms with van der Waals surface area (Å²) in [6.45, 7) is 0.349. The lowest BCUT2D eigenvalue weighted by molar-refractivity contribution is 0.151. The van der Waals surface area contributed by atoms with E-state index in [2.05, 4.69) is 0 Å². The van der Waals surface area contributed by atoms with Gasteiger partial charge in [-0.3, -0.25) is 0 Å². The van der Waals surface area contributed by atoms with E-state index in [1.807, 2.05) is 0 Å². The molecule has 1 atom stereocenters. The Hall–Kier alpha value is -1.10. The van der Waals surface area contributed by atoms with Crippen LogP contribution in [0.25, 0.3) is 0 Å². The number of benzene rings is 1. The van der Waals surface area contributed by atoms with Crippen LogP contribution in [0.4, 0.5) is 0 Å². The van der Waals surface area contributed by atoms with E-state index >= 15 is 0 Å². The molecule has 0 aromatic heterocycles. The zero-order valence-electron chi connectivity index (χ0n) is 9.17.